The van der Waals surface area contributed by atoms with E-state index in [2.05, 4.69) is 10.3 Å². The summed E-state index contributed by atoms with van der Waals surface area (Å²) < 4.78 is 4.77. The molecule has 1 aliphatic heterocycles. The molecule has 1 aliphatic rings. The lowest BCUT2D eigenvalue weighted by atomic mass is 10.1. The minimum atomic E-state index is -0.516. The molecule has 134 valence electrons. The van der Waals surface area contributed by atoms with Gasteiger partial charge in [0.2, 0.25) is 11.8 Å². The van der Waals surface area contributed by atoms with Crippen LogP contribution in [0.2, 0.25) is 0 Å². The first-order valence-electron chi connectivity index (χ1n) is 8.24. The fourth-order valence-electron chi connectivity index (χ4n) is 2.94. The van der Waals surface area contributed by atoms with E-state index in [1.807, 2.05) is 6.07 Å². The first kappa shape index (κ1) is 17.6. The summed E-state index contributed by atoms with van der Waals surface area (Å²) in [5.74, 6) is -1.37. The monoisotopic (exact) mass is 353 g/mol. The summed E-state index contributed by atoms with van der Waals surface area (Å²) in [5, 5.41) is 2.83. The van der Waals surface area contributed by atoms with Gasteiger partial charge in [-0.05, 0) is 23.8 Å². The van der Waals surface area contributed by atoms with Crippen molar-refractivity contribution >= 4 is 23.5 Å². The topological polar surface area (TPSA) is 88.6 Å². The zero-order valence-electron chi connectivity index (χ0n) is 14.3. The van der Waals surface area contributed by atoms with Crippen molar-refractivity contribution in [3.8, 4) is 0 Å². The molecule has 1 saturated heterocycles. The van der Waals surface area contributed by atoms with Crippen LogP contribution in [0.5, 0.6) is 0 Å². The Labute approximate surface area is 151 Å². The summed E-state index contributed by atoms with van der Waals surface area (Å²) >= 11 is 0. The maximum absolute atomic E-state index is 12.4. The fourth-order valence-corrected chi connectivity index (χ4v) is 2.94. The standard InChI is InChI=1S/C19H19N3O4/c1-26-19(25)15-6-2-3-7-16(15)22-12-14(9-17(22)23)18(24)21-11-13-5-4-8-20-10-13/h2-8,10,14H,9,11-12H2,1H3,(H,21,24). The van der Waals surface area contributed by atoms with Gasteiger partial charge < -0.3 is 15.0 Å². The Kier molecular flexibility index (Phi) is 5.26. The quantitative estimate of drug-likeness (QED) is 0.824. The van der Waals surface area contributed by atoms with Crippen molar-refractivity contribution in [2.75, 3.05) is 18.6 Å². The number of esters is 1. The molecule has 7 nitrogen and oxygen atoms in total. The molecule has 1 atom stereocenters. The number of amides is 2. The Morgan fingerprint density at radius 1 is 1.27 bits per heavy atom. The number of hydrogen-bond acceptors (Lipinski definition) is 5. The highest BCUT2D eigenvalue weighted by Gasteiger charge is 2.36. The lowest BCUT2D eigenvalue weighted by Crippen LogP contribution is -2.33. The van der Waals surface area contributed by atoms with E-state index in [0.29, 0.717) is 17.8 Å². The van der Waals surface area contributed by atoms with E-state index in [1.54, 1.807) is 42.7 Å². The average Bonchev–Trinajstić information content (AvgIpc) is 3.08. The van der Waals surface area contributed by atoms with Crippen LogP contribution in [0.25, 0.3) is 0 Å². The van der Waals surface area contributed by atoms with E-state index in [1.165, 1.54) is 12.0 Å². The minimum Gasteiger partial charge on any atom is -0.465 e. The van der Waals surface area contributed by atoms with Crippen LogP contribution in [0.4, 0.5) is 5.69 Å². The maximum atomic E-state index is 12.4. The average molecular weight is 353 g/mol. The molecule has 1 aromatic carbocycles. The molecule has 2 aromatic rings. The van der Waals surface area contributed by atoms with Gasteiger partial charge in [0.25, 0.3) is 0 Å². The zero-order valence-corrected chi connectivity index (χ0v) is 14.3. The smallest absolute Gasteiger partial charge is 0.339 e. The van der Waals surface area contributed by atoms with E-state index >= 15 is 0 Å². The summed E-state index contributed by atoms with van der Waals surface area (Å²) in [7, 11) is 1.29. The second-order valence-corrected chi connectivity index (χ2v) is 5.99. The third-order valence-corrected chi connectivity index (χ3v) is 4.29. The van der Waals surface area contributed by atoms with Crippen molar-refractivity contribution in [3.63, 3.8) is 0 Å². The van der Waals surface area contributed by atoms with Crippen LogP contribution in [0.3, 0.4) is 0 Å². The second-order valence-electron chi connectivity index (χ2n) is 5.99. The van der Waals surface area contributed by atoms with Gasteiger partial charge in [0.05, 0.1) is 24.3 Å². The molecule has 0 radical (unpaired) electrons. The van der Waals surface area contributed by atoms with Gasteiger partial charge in [-0.3, -0.25) is 14.6 Å². The van der Waals surface area contributed by atoms with Crippen LogP contribution in [-0.2, 0) is 20.9 Å². The van der Waals surface area contributed by atoms with Gasteiger partial charge in [-0.2, -0.15) is 0 Å². The lowest BCUT2D eigenvalue weighted by molar-refractivity contribution is -0.126. The van der Waals surface area contributed by atoms with Gasteiger partial charge >= 0.3 is 5.97 Å². The number of methoxy groups -OCH3 is 1. The Hall–Kier alpha value is -3.22. The molecule has 26 heavy (non-hydrogen) atoms. The number of hydrogen-bond donors (Lipinski definition) is 1. The molecule has 1 aromatic heterocycles. The van der Waals surface area contributed by atoms with E-state index < -0.39 is 11.9 Å². The molecule has 2 amide bonds. The number of nitrogens with zero attached hydrogens (tertiary/aromatic N) is 2. The van der Waals surface area contributed by atoms with Crippen molar-refractivity contribution in [1.82, 2.24) is 10.3 Å². The summed E-state index contributed by atoms with van der Waals surface area (Å²) in [4.78, 5) is 42.2. The second kappa shape index (κ2) is 7.77. The zero-order chi connectivity index (χ0) is 18.5. The highest BCUT2D eigenvalue weighted by Crippen LogP contribution is 2.28. The van der Waals surface area contributed by atoms with Crippen LogP contribution in [0.15, 0.2) is 48.8 Å². The van der Waals surface area contributed by atoms with Gasteiger partial charge in [0.15, 0.2) is 0 Å². The van der Waals surface area contributed by atoms with Crippen molar-refractivity contribution in [1.29, 1.82) is 0 Å². The lowest BCUT2D eigenvalue weighted by Gasteiger charge is -2.19. The van der Waals surface area contributed by atoms with E-state index in [0.717, 1.165) is 5.56 Å². The molecule has 3 rings (SSSR count). The number of pyridine rings is 1. The molecule has 1 N–H and O–H groups in total. The molecule has 2 heterocycles. The van der Waals surface area contributed by atoms with Crippen molar-refractivity contribution in [2.24, 2.45) is 5.92 Å². The highest BCUT2D eigenvalue weighted by molar-refractivity contribution is 6.05. The number of ether oxygens (including phenoxy) is 1. The van der Waals surface area contributed by atoms with Crippen molar-refractivity contribution in [2.45, 2.75) is 13.0 Å². The van der Waals surface area contributed by atoms with E-state index in [9.17, 15) is 14.4 Å². The molecule has 0 spiro atoms. The predicted molar refractivity (Wildman–Crippen MR) is 94.3 cm³/mol. The third kappa shape index (κ3) is 3.72. The number of para-hydroxylation sites is 1. The van der Waals surface area contributed by atoms with Crippen LogP contribution < -0.4 is 10.2 Å². The van der Waals surface area contributed by atoms with E-state index in [-0.39, 0.29) is 24.8 Å². The normalized spacial score (nSPS) is 16.4. The third-order valence-electron chi connectivity index (χ3n) is 4.29. The summed E-state index contributed by atoms with van der Waals surface area (Å²) in [6.45, 7) is 0.585. The SMILES string of the molecule is COC(=O)c1ccccc1N1CC(C(=O)NCc2cccnc2)CC1=O. The Balaban J connectivity index is 1.69. The van der Waals surface area contributed by atoms with Gasteiger partial charge in [0, 0.05) is 31.9 Å². The number of rotatable bonds is 5. The van der Waals surface area contributed by atoms with Crippen LogP contribution in [0, 0.1) is 5.92 Å². The number of nitrogens with one attached hydrogen (secondary N) is 1. The number of carbonyl (C=O) groups is 3. The molecule has 0 saturated carbocycles. The number of aromatic nitrogens is 1. The Morgan fingerprint density at radius 2 is 2.08 bits per heavy atom. The fraction of sp³-hybridized carbons (Fsp3) is 0.263. The molecule has 0 aliphatic carbocycles. The molecule has 0 bridgehead atoms. The first-order valence-corrected chi connectivity index (χ1v) is 8.24. The van der Waals surface area contributed by atoms with Crippen molar-refractivity contribution < 1.29 is 19.1 Å². The molecular weight excluding hydrogens is 334 g/mol. The Bertz CT molecular complexity index is 823. The summed E-state index contributed by atoms with van der Waals surface area (Å²) in [6, 6.07) is 10.4. The molecular formula is C19H19N3O4. The van der Waals surface area contributed by atoms with Gasteiger partial charge in [0.1, 0.15) is 0 Å². The number of benzene rings is 1. The summed E-state index contributed by atoms with van der Waals surface area (Å²) in [5.41, 5.74) is 1.66. The van der Waals surface area contributed by atoms with E-state index in [4.69, 9.17) is 4.74 Å². The minimum absolute atomic E-state index is 0.106. The van der Waals surface area contributed by atoms with Gasteiger partial charge in [-0.15, -0.1) is 0 Å². The summed E-state index contributed by atoms with van der Waals surface area (Å²) in [6.07, 6.45) is 3.45. The first-order chi connectivity index (χ1) is 12.6. The highest BCUT2D eigenvalue weighted by atomic mass is 16.5. The van der Waals surface area contributed by atoms with Gasteiger partial charge in [-0.1, -0.05) is 18.2 Å². The van der Waals surface area contributed by atoms with Crippen LogP contribution >= 0.6 is 0 Å². The van der Waals surface area contributed by atoms with Gasteiger partial charge in [-0.25, -0.2) is 4.79 Å². The molecule has 7 heteroatoms. The van der Waals surface area contributed by atoms with Crippen LogP contribution in [-0.4, -0.2) is 36.4 Å². The number of carbonyl (C=O) groups excluding carboxylic acids is 3. The number of anilines is 1. The molecule has 1 unspecified atom stereocenters. The molecule has 1 fully saturated rings. The van der Waals surface area contributed by atoms with Crippen molar-refractivity contribution in [3.05, 3.63) is 59.9 Å². The maximum Gasteiger partial charge on any atom is 0.339 e. The Morgan fingerprint density at radius 3 is 2.81 bits per heavy atom. The van der Waals surface area contributed by atoms with Crippen LogP contribution in [0.1, 0.15) is 22.3 Å². The predicted octanol–water partition coefficient (Wildman–Crippen LogP) is 1.54. The largest absolute Gasteiger partial charge is 0.465 e.